The van der Waals surface area contributed by atoms with Crippen LogP contribution in [0.2, 0.25) is 0 Å². The Labute approximate surface area is 143 Å². The van der Waals surface area contributed by atoms with Crippen molar-refractivity contribution in [2.75, 3.05) is 26.0 Å². The average Bonchev–Trinajstić information content (AvgIpc) is 2.47. The highest BCUT2D eigenvalue weighted by Crippen LogP contribution is 2.19. The number of morpholine rings is 1. The van der Waals surface area contributed by atoms with Crippen LogP contribution in [0.5, 0.6) is 0 Å². The highest BCUT2D eigenvalue weighted by Gasteiger charge is 2.33. The predicted octanol–water partition coefficient (Wildman–Crippen LogP) is 1.72. The fourth-order valence-corrected chi connectivity index (χ4v) is 3.02. The lowest BCUT2D eigenvalue weighted by Crippen LogP contribution is -2.53. The molecule has 0 aromatic heterocycles. The second kappa shape index (κ2) is 7.61. The topological polar surface area (TPSA) is 93.1 Å². The van der Waals surface area contributed by atoms with Gasteiger partial charge in [-0.25, -0.2) is 4.79 Å². The van der Waals surface area contributed by atoms with Gasteiger partial charge in [-0.15, -0.1) is 0 Å². The van der Waals surface area contributed by atoms with Gasteiger partial charge >= 0.3 is 6.09 Å². The number of amides is 1. The Morgan fingerprint density at radius 2 is 2.09 bits per heavy atom. The van der Waals surface area contributed by atoms with Gasteiger partial charge in [-0.05, 0) is 24.1 Å². The third-order valence-corrected chi connectivity index (χ3v) is 4.56. The number of carboxylic acid groups (broad SMARTS) is 1. The van der Waals surface area contributed by atoms with Gasteiger partial charge in [0.2, 0.25) is 0 Å². The molecule has 0 unspecified atom stereocenters. The van der Waals surface area contributed by atoms with E-state index in [0.29, 0.717) is 6.42 Å². The van der Waals surface area contributed by atoms with Gasteiger partial charge in [0.1, 0.15) is 6.10 Å². The van der Waals surface area contributed by atoms with Crippen LogP contribution in [0.15, 0.2) is 28.7 Å². The third-order valence-electron chi connectivity index (χ3n) is 3.46. The van der Waals surface area contributed by atoms with Gasteiger partial charge in [-0.3, -0.25) is 4.18 Å². The van der Waals surface area contributed by atoms with Crippen molar-refractivity contribution in [3.05, 3.63) is 34.3 Å². The monoisotopic (exact) mass is 407 g/mol. The minimum absolute atomic E-state index is 0.0754. The predicted molar refractivity (Wildman–Crippen MR) is 86.9 cm³/mol. The number of nitrogens with zero attached hydrogens (tertiary/aromatic N) is 1. The van der Waals surface area contributed by atoms with Gasteiger partial charge in [-0.2, -0.15) is 8.42 Å². The third kappa shape index (κ3) is 5.76. The highest BCUT2D eigenvalue weighted by molar-refractivity contribution is 9.10. The molecule has 1 aromatic carbocycles. The molecular formula is C14H18BrNO6S. The zero-order valence-electron chi connectivity index (χ0n) is 12.5. The summed E-state index contributed by atoms with van der Waals surface area (Å²) < 4.78 is 33.2. The standard InChI is InChI=1S/C14H18BrNO6S/c1-23(19,20)22-9-13-7-16(14(17)18)12(8-21-13)6-10-2-4-11(15)5-3-10/h2-5,12-13H,6-9H2,1H3,(H,17,18)/t12-,13+/m0/s1. The van der Waals surface area contributed by atoms with E-state index < -0.39 is 22.3 Å². The Morgan fingerprint density at radius 1 is 1.43 bits per heavy atom. The van der Waals surface area contributed by atoms with Crippen molar-refractivity contribution >= 4 is 32.1 Å². The summed E-state index contributed by atoms with van der Waals surface area (Å²) in [6, 6.07) is 7.31. The molecule has 7 nitrogen and oxygen atoms in total. The molecule has 1 heterocycles. The highest BCUT2D eigenvalue weighted by atomic mass is 79.9. The summed E-state index contributed by atoms with van der Waals surface area (Å²) in [5, 5.41) is 9.38. The van der Waals surface area contributed by atoms with Gasteiger partial charge < -0.3 is 14.7 Å². The first-order valence-electron chi connectivity index (χ1n) is 6.94. The van der Waals surface area contributed by atoms with E-state index in [9.17, 15) is 18.3 Å². The molecule has 2 atom stereocenters. The number of hydrogen-bond acceptors (Lipinski definition) is 5. The zero-order valence-corrected chi connectivity index (χ0v) is 14.9. The maximum Gasteiger partial charge on any atom is 0.407 e. The van der Waals surface area contributed by atoms with Gasteiger partial charge in [0, 0.05) is 4.47 Å². The number of halogens is 1. The normalized spacial score (nSPS) is 22.1. The Hall–Kier alpha value is -1.16. The van der Waals surface area contributed by atoms with Crippen molar-refractivity contribution < 1.29 is 27.2 Å². The van der Waals surface area contributed by atoms with E-state index in [1.165, 1.54) is 4.90 Å². The molecule has 1 fully saturated rings. The van der Waals surface area contributed by atoms with Crippen LogP contribution in [0.25, 0.3) is 0 Å². The number of benzene rings is 1. The molecule has 1 aliphatic rings. The molecule has 9 heteroatoms. The van der Waals surface area contributed by atoms with Crippen LogP contribution in [0.3, 0.4) is 0 Å². The van der Waals surface area contributed by atoms with Gasteiger partial charge in [-0.1, -0.05) is 28.1 Å². The maximum atomic E-state index is 11.5. The van der Waals surface area contributed by atoms with Crippen molar-refractivity contribution in [1.29, 1.82) is 0 Å². The lowest BCUT2D eigenvalue weighted by Gasteiger charge is -2.37. The van der Waals surface area contributed by atoms with E-state index in [-0.39, 0.29) is 25.8 Å². The molecule has 0 saturated carbocycles. The van der Waals surface area contributed by atoms with E-state index in [2.05, 4.69) is 20.1 Å². The van der Waals surface area contributed by atoms with E-state index in [1.54, 1.807) is 0 Å². The average molecular weight is 408 g/mol. The number of carbonyl (C=O) groups is 1. The molecule has 2 rings (SSSR count). The van der Waals surface area contributed by atoms with E-state index in [1.807, 2.05) is 24.3 Å². The molecule has 0 aliphatic carbocycles. The molecule has 23 heavy (non-hydrogen) atoms. The van der Waals surface area contributed by atoms with Crippen LogP contribution in [-0.2, 0) is 25.5 Å². The molecule has 0 bridgehead atoms. The lowest BCUT2D eigenvalue weighted by atomic mass is 10.0. The van der Waals surface area contributed by atoms with Crippen molar-refractivity contribution in [1.82, 2.24) is 4.90 Å². The molecule has 1 amide bonds. The summed E-state index contributed by atoms with van der Waals surface area (Å²) in [5.41, 5.74) is 0.999. The Bertz CT molecular complexity index is 648. The van der Waals surface area contributed by atoms with E-state index in [4.69, 9.17) is 4.74 Å². The second-order valence-corrected chi connectivity index (χ2v) is 7.92. The smallest absolute Gasteiger partial charge is 0.407 e. The van der Waals surface area contributed by atoms with Crippen LogP contribution >= 0.6 is 15.9 Å². The Morgan fingerprint density at radius 3 is 2.65 bits per heavy atom. The molecular weight excluding hydrogens is 390 g/mol. The van der Waals surface area contributed by atoms with Crippen LogP contribution in [0.4, 0.5) is 4.79 Å². The van der Waals surface area contributed by atoms with Crippen LogP contribution < -0.4 is 0 Å². The van der Waals surface area contributed by atoms with Gasteiger partial charge in [0.05, 0.1) is 32.1 Å². The fourth-order valence-electron chi connectivity index (χ4n) is 2.35. The van der Waals surface area contributed by atoms with Crippen molar-refractivity contribution in [2.45, 2.75) is 18.6 Å². The summed E-state index contributed by atoms with van der Waals surface area (Å²) >= 11 is 3.35. The number of hydrogen-bond donors (Lipinski definition) is 1. The molecule has 1 N–H and O–H groups in total. The fraction of sp³-hybridized carbons (Fsp3) is 0.500. The minimum Gasteiger partial charge on any atom is -0.465 e. The first-order chi connectivity index (χ1) is 10.7. The first-order valence-corrected chi connectivity index (χ1v) is 9.55. The van der Waals surface area contributed by atoms with E-state index >= 15 is 0 Å². The maximum absolute atomic E-state index is 11.5. The first kappa shape index (κ1) is 18.2. The van der Waals surface area contributed by atoms with Crippen molar-refractivity contribution in [3.8, 4) is 0 Å². The van der Waals surface area contributed by atoms with Crippen LogP contribution in [-0.4, -0.2) is 62.7 Å². The summed E-state index contributed by atoms with van der Waals surface area (Å²) in [5.74, 6) is 0. The molecule has 0 spiro atoms. The molecule has 1 aliphatic heterocycles. The molecule has 1 aromatic rings. The van der Waals surface area contributed by atoms with E-state index in [0.717, 1.165) is 16.3 Å². The largest absolute Gasteiger partial charge is 0.465 e. The summed E-state index contributed by atoms with van der Waals surface area (Å²) in [6.45, 7) is 0.0832. The van der Waals surface area contributed by atoms with Gasteiger partial charge in [0.25, 0.3) is 10.1 Å². The van der Waals surface area contributed by atoms with Crippen molar-refractivity contribution in [2.24, 2.45) is 0 Å². The molecule has 0 radical (unpaired) electrons. The Kier molecular flexibility index (Phi) is 6.01. The molecule has 128 valence electrons. The summed E-state index contributed by atoms with van der Waals surface area (Å²) in [4.78, 5) is 12.7. The number of rotatable bonds is 5. The van der Waals surface area contributed by atoms with Crippen LogP contribution in [0, 0.1) is 0 Å². The van der Waals surface area contributed by atoms with Crippen LogP contribution in [0.1, 0.15) is 5.56 Å². The summed E-state index contributed by atoms with van der Waals surface area (Å²) in [7, 11) is -3.58. The minimum atomic E-state index is -3.58. The van der Waals surface area contributed by atoms with Gasteiger partial charge in [0.15, 0.2) is 0 Å². The van der Waals surface area contributed by atoms with Crippen molar-refractivity contribution in [3.63, 3.8) is 0 Å². The quantitative estimate of drug-likeness (QED) is 0.746. The Balaban J connectivity index is 1.99. The lowest BCUT2D eigenvalue weighted by molar-refractivity contribution is -0.0679. The summed E-state index contributed by atoms with van der Waals surface area (Å²) in [6.07, 6.45) is -0.179. The molecule has 1 saturated heterocycles. The number of ether oxygens (including phenoxy) is 1. The second-order valence-electron chi connectivity index (χ2n) is 5.36. The zero-order chi connectivity index (χ0) is 17.0. The SMILES string of the molecule is CS(=O)(=O)OC[C@H]1CN(C(=O)O)[C@@H](Cc2ccc(Br)cc2)CO1.